The maximum absolute atomic E-state index is 11.2. The van der Waals surface area contributed by atoms with Gasteiger partial charge in [0.05, 0.1) is 5.52 Å². The molecule has 0 aliphatic carbocycles. The van der Waals surface area contributed by atoms with E-state index in [0.29, 0.717) is 17.3 Å². The first kappa shape index (κ1) is 9.51. The minimum atomic E-state index is -0.877. The van der Waals surface area contributed by atoms with Gasteiger partial charge in [-0.25, -0.2) is 4.68 Å². The highest BCUT2D eigenvalue weighted by Crippen LogP contribution is 2.14. The zero-order valence-corrected chi connectivity index (χ0v) is 8.12. The van der Waals surface area contributed by atoms with Crippen LogP contribution in [0.5, 0.6) is 0 Å². The molecule has 1 aromatic heterocycles. The number of benzene rings is 1. The van der Waals surface area contributed by atoms with Crippen molar-refractivity contribution in [1.29, 1.82) is 0 Å². The monoisotopic (exact) mass is 203 g/mol. The lowest BCUT2D eigenvalue weighted by Gasteiger charge is -2.06. The quantitative estimate of drug-likeness (QED) is 0.545. The molecule has 0 saturated heterocycles. The van der Waals surface area contributed by atoms with Crippen LogP contribution in [-0.2, 0) is 9.59 Å². The van der Waals surface area contributed by atoms with E-state index in [1.165, 1.54) is 11.6 Å². The molecule has 5 heteroatoms. The third-order valence-electron chi connectivity index (χ3n) is 2.19. The molecule has 2 aromatic rings. The van der Waals surface area contributed by atoms with Crippen molar-refractivity contribution in [3.63, 3.8) is 0 Å². The van der Waals surface area contributed by atoms with Crippen molar-refractivity contribution in [3.05, 3.63) is 24.3 Å². The molecule has 1 heterocycles. The number of ketones is 1. The number of hydrogen-bond acceptors (Lipinski definition) is 4. The van der Waals surface area contributed by atoms with Crippen LogP contribution in [0.3, 0.4) is 0 Å². The molecule has 0 aliphatic heterocycles. The van der Waals surface area contributed by atoms with Crippen LogP contribution in [0.25, 0.3) is 11.0 Å². The molecule has 0 saturated carbocycles. The fourth-order valence-electron chi connectivity index (χ4n) is 1.42. The number of carbonyl (C=O) groups excluding carboxylic acids is 2. The summed E-state index contributed by atoms with van der Waals surface area (Å²) in [5.74, 6) is -0.249. The van der Waals surface area contributed by atoms with Crippen molar-refractivity contribution in [1.82, 2.24) is 15.0 Å². The van der Waals surface area contributed by atoms with E-state index in [1.807, 2.05) is 12.1 Å². The first-order valence-corrected chi connectivity index (χ1v) is 4.49. The number of carbonyl (C=O) groups is 2. The number of para-hydroxylation sites is 1. The Balaban J connectivity index is 2.60. The first-order chi connectivity index (χ1) is 7.24. The van der Waals surface area contributed by atoms with Gasteiger partial charge in [0.1, 0.15) is 5.52 Å². The molecule has 76 valence electrons. The summed E-state index contributed by atoms with van der Waals surface area (Å²) in [6.45, 7) is 1.36. The van der Waals surface area contributed by atoms with Gasteiger partial charge in [0.15, 0.2) is 18.1 Å². The number of nitrogens with zero attached hydrogens (tertiary/aromatic N) is 3. The number of hydrogen-bond donors (Lipinski definition) is 0. The van der Waals surface area contributed by atoms with E-state index in [2.05, 4.69) is 10.3 Å². The van der Waals surface area contributed by atoms with Crippen LogP contribution in [0.4, 0.5) is 0 Å². The Morgan fingerprint density at radius 1 is 1.47 bits per heavy atom. The summed E-state index contributed by atoms with van der Waals surface area (Å²) in [5, 5.41) is 7.67. The molecule has 0 bridgehead atoms. The molecular formula is C10H9N3O2. The maximum atomic E-state index is 11.2. The molecule has 2 rings (SSSR count). The summed E-state index contributed by atoms with van der Waals surface area (Å²) in [7, 11) is 0. The Morgan fingerprint density at radius 3 is 2.87 bits per heavy atom. The van der Waals surface area contributed by atoms with Gasteiger partial charge in [-0.05, 0) is 19.1 Å². The molecule has 0 aliphatic rings. The van der Waals surface area contributed by atoms with E-state index >= 15 is 0 Å². The highest BCUT2D eigenvalue weighted by molar-refractivity contribution is 5.95. The van der Waals surface area contributed by atoms with Crippen LogP contribution in [0, 0.1) is 0 Å². The highest BCUT2D eigenvalue weighted by Gasteiger charge is 2.18. The number of fused-ring (bicyclic) bond motifs is 1. The van der Waals surface area contributed by atoms with Crippen molar-refractivity contribution >= 4 is 23.1 Å². The molecule has 0 radical (unpaired) electrons. The molecule has 5 nitrogen and oxygen atoms in total. The lowest BCUT2D eigenvalue weighted by Crippen LogP contribution is -2.19. The van der Waals surface area contributed by atoms with Crippen LogP contribution in [0.15, 0.2) is 24.3 Å². The zero-order chi connectivity index (χ0) is 10.8. The Labute approximate surface area is 85.7 Å². The first-order valence-electron chi connectivity index (χ1n) is 4.49. The second kappa shape index (κ2) is 3.61. The van der Waals surface area contributed by atoms with Crippen LogP contribution >= 0.6 is 0 Å². The average Bonchev–Trinajstić information content (AvgIpc) is 2.63. The van der Waals surface area contributed by atoms with Gasteiger partial charge in [0, 0.05) is 0 Å². The van der Waals surface area contributed by atoms with Crippen molar-refractivity contribution in [2.24, 2.45) is 0 Å². The summed E-state index contributed by atoms with van der Waals surface area (Å²) in [6, 6.07) is 6.31. The predicted octanol–water partition coefficient (Wildman–Crippen LogP) is 0.760. The minimum absolute atomic E-state index is 0.249. The molecule has 0 spiro atoms. The van der Waals surface area contributed by atoms with Gasteiger partial charge in [-0.3, -0.25) is 4.79 Å². The van der Waals surface area contributed by atoms with Gasteiger partial charge in [-0.2, -0.15) is 0 Å². The van der Waals surface area contributed by atoms with Gasteiger partial charge >= 0.3 is 0 Å². The third kappa shape index (κ3) is 1.52. The molecular weight excluding hydrogens is 194 g/mol. The predicted molar refractivity (Wildman–Crippen MR) is 53.3 cm³/mol. The minimum Gasteiger partial charge on any atom is -0.300 e. The number of aromatic nitrogens is 3. The van der Waals surface area contributed by atoms with Crippen molar-refractivity contribution < 1.29 is 9.59 Å². The smallest absolute Gasteiger partial charge is 0.167 e. The van der Waals surface area contributed by atoms with E-state index in [4.69, 9.17) is 0 Å². The Bertz CT molecular complexity index is 518. The number of aldehydes is 1. The lowest BCUT2D eigenvalue weighted by molar-refractivity contribution is -0.125. The molecule has 0 amide bonds. The lowest BCUT2D eigenvalue weighted by atomic mass is 10.2. The molecule has 1 unspecified atom stereocenters. The van der Waals surface area contributed by atoms with Gasteiger partial charge in [0.25, 0.3) is 0 Å². The van der Waals surface area contributed by atoms with Crippen LogP contribution in [-0.4, -0.2) is 27.1 Å². The summed E-state index contributed by atoms with van der Waals surface area (Å²) in [6.07, 6.45) is 0.573. The van der Waals surface area contributed by atoms with E-state index in [1.54, 1.807) is 12.1 Å². The van der Waals surface area contributed by atoms with Crippen molar-refractivity contribution in [2.45, 2.75) is 13.0 Å². The Morgan fingerprint density at radius 2 is 2.20 bits per heavy atom. The Kier molecular flexibility index (Phi) is 2.29. The van der Waals surface area contributed by atoms with E-state index < -0.39 is 6.04 Å². The number of Topliss-reactive ketones (excluding diaryl/α,β-unsaturated/α-hetero) is 1. The van der Waals surface area contributed by atoms with Gasteiger partial charge < -0.3 is 4.79 Å². The fourth-order valence-corrected chi connectivity index (χ4v) is 1.42. The fraction of sp³-hybridized carbons (Fsp3) is 0.200. The molecule has 1 atom stereocenters. The second-order valence-corrected chi connectivity index (χ2v) is 3.21. The van der Waals surface area contributed by atoms with Gasteiger partial charge in [0.2, 0.25) is 0 Å². The van der Waals surface area contributed by atoms with Gasteiger partial charge in [-0.1, -0.05) is 17.3 Å². The number of rotatable bonds is 3. The van der Waals surface area contributed by atoms with Crippen molar-refractivity contribution in [3.8, 4) is 0 Å². The van der Waals surface area contributed by atoms with E-state index in [0.717, 1.165) is 0 Å². The molecule has 1 aromatic carbocycles. The van der Waals surface area contributed by atoms with Crippen LogP contribution < -0.4 is 0 Å². The van der Waals surface area contributed by atoms with E-state index in [-0.39, 0.29) is 5.78 Å². The van der Waals surface area contributed by atoms with Crippen molar-refractivity contribution in [2.75, 3.05) is 0 Å². The topological polar surface area (TPSA) is 64.8 Å². The normalized spacial score (nSPS) is 12.6. The molecule has 0 fully saturated rings. The van der Waals surface area contributed by atoms with Crippen LogP contribution in [0.1, 0.15) is 13.0 Å². The third-order valence-corrected chi connectivity index (χ3v) is 2.19. The Hall–Kier alpha value is -2.04. The van der Waals surface area contributed by atoms with Crippen LogP contribution in [0.2, 0.25) is 0 Å². The largest absolute Gasteiger partial charge is 0.300 e. The maximum Gasteiger partial charge on any atom is 0.167 e. The summed E-state index contributed by atoms with van der Waals surface area (Å²) in [4.78, 5) is 22.0. The van der Waals surface area contributed by atoms with E-state index in [9.17, 15) is 9.59 Å². The SMILES string of the molecule is CC(=O)C(C=O)n1nnc2ccccc21. The second-order valence-electron chi connectivity index (χ2n) is 3.21. The zero-order valence-electron chi connectivity index (χ0n) is 8.12. The summed E-state index contributed by atoms with van der Waals surface area (Å²) >= 11 is 0. The molecule has 15 heavy (non-hydrogen) atoms. The standard InChI is InChI=1S/C10H9N3O2/c1-7(15)10(6-14)13-9-5-3-2-4-8(9)11-12-13/h2-6,10H,1H3. The molecule has 0 N–H and O–H groups in total. The average molecular weight is 203 g/mol. The van der Waals surface area contributed by atoms with Gasteiger partial charge in [-0.15, -0.1) is 5.10 Å². The summed E-state index contributed by atoms with van der Waals surface area (Å²) < 4.78 is 1.34. The highest BCUT2D eigenvalue weighted by atomic mass is 16.1. The summed E-state index contributed by atoms with van der Waals surface area (Å²) in [5.41, 5.74) is 1.36.